The van der Waals surface area contributed by atoms with Gasteiger partial charge in [0.1, 0.15) is 15.5 Å². The molecule has 0 radical (unpaired) electrons. The van der Waals surface area contributed by atoms with Crippen molar-refractivity contribution in [3.63, 3.8) is 0 Å². The van der Waals surface area contributed by atoms with E-state index in [1.54, 1.807) is 35.8 Å². The van der Waals surface area contributed by atoms with E-state index in [0.717, 1.165) is 5.75 Å². The van der Waals surface area contributed by atoms with Gasteiger partial charge in [-0.15, -0.1) is 11.3 Å². The Hall–Kier alpha value is -2.38. The molecule has 0 amide bonds. The zero-order chi connectivity index (χ0) is 21.0. The molecule has 29 heavy (non-hydrogen) atoms. The molecule has 0 saturated heterocycles. The summed E-state index contributed by atoms with van der Waals surface area (Å²) in [7, 11) is 0. The molecule has 0 aliphatic carbocycles. The minimum atomic E-state index is -0.401. The van der Waals surface area contributed by atoms with Crippen LogP contribution in [0.3, 0.4) is 0 Å². The van der Waals surface area contributed by atoms with Gasteiger partial charge in [-0.3, -0.25) is 9.36 Å². The third-order valence-electron chi connectivity index (χ3n) is 4.28. The summed E-state index contributed by atoms with van der Waals surface area (Å²) in [5, 5.41) is 1.13. The zero-order valence-corrected chi connectivity index (χ0v) is 18.2. The first-order valence-electron chi connectivity index (χ1n) is 9.41. The highest BCUT2D eigenvalue weighted by Crippen LogP contribution is 2.27. The number of ether oxygens (including phenoxy) is 2. The van der Waals surface area contributed by atoms with Gasteiger partial charge in [0.2, 0.25) is 0 Å². The van der Waals surface area contributed by atoms with Crippen LogP contribution >= 0.6 is 22.9 Å². The van der Waals surface area contributed by atoms with Crippen molar-refractivity contribution >= 4 is 39.1 Å². The Morgan fingerprint density at radius 3 is 2.69 bits per heavy atom. The molecule has 0 N–H and O–H groups in total. The van der Waals surface area contributed by atoms with E-state index in [-0.39, 0.29) is 11.5 Å². The third-order valence-corrected chi connectivity index (χ3v) is 5.71. The second-order valence-corrected chi connectivity index (χ2v) is 8.56. The Morgan fingerprint density at radius 2 is 2.00 bits per heavy atom. The molecule has 154 valence electrons. The van der Waals surface area contributed by atoms with Gasteiger partial charge in [0, 0.05) is 11.6 Å². The summed E-state index contributed by atoms with van der Waals surface area (Å²) < 4.78 is 12.5. The predicted octanol–water partition coefficient (Wildman–Crippen LogP) is 4.70. The maximum Gasteiger partial charge on any atom is 0.348 e. The molecule has 0 aliphatic heterocycles. The van der Waals surface area contributed by atoms with Crippen LogP contribution in [-0.4, -0.2) is 28.7 Å². The van der Waals surface area contributed by atoms with Crippen LogP contribution in [0.4, 0.5) is 0 Å². The van der Waals surface area contributed by atoms with Crippen LogP contribution in [0.15, 0.2) is 35.4 Å². The van der Waals surface area contributed by atoms with Crippen molar-refractivity contribution < 1.29 is 14.3 Å². The van der Waals surface area contributed by atoms with Gasteiger partial charge in [0.05, 0.1) is 24.9 Å². The van der Waals surface area contributed by atoms with Crippen molar-refractivity contribution in [3.05, 3.63) is 56.4 Å². The highest BCUT2D eigenvalue weighted by Gasteiger charge is 2.20. The minimum absolute atomic E-state index is 0.154. The van der Waals surface area contributed by atoms with E-state index in [1.165, 1.54) is 17.7 Å². The molecule has 3 rings (SSSR count). The largest absolute Gasteiger partial charge is 0.494 e. The molecular formula is C21H23ClN2O4S. The first kappa shape index (κ1) is 21.3. The maximum atomic E-state index is 12.9. The van der Waals surface area contributed by atoms with Gasteiger partial charge in [-0.05, 0) is 49.1 Å². The number of halogens is 1. The van der Waals surface area contributed by atoms with Crippen molar-refractivity contribution in [1.29, 1.82) is 0 Å². The number of hydrogen-bond acceptors (Lipinski definition) is 6. The van der Waals surface area contributed by atoms with Crippen molar-refractivity contribution in [1.82, 2.24) is 9.55 Å². The lowest BCUT2D eigenvalue weighted by atomic mass is 10.2. The molecule has 0 bridgehead atoms. The number of fused-ring (bicyclic) bond motifs is 1. The number of carbonyl (C=O) groups excluding carboxylic acids is 1. The van der Waals surface area contributed by atoms with E-state index >= 15 is 0 Å². The first-order valence-corrected chi connectivity index (χ1v) is 10.6. The average Bonchev–Trinajstić information content (AvgIpc) is 3.03. The summed E-state index contributed by atoms with van der Waals surface area (Å²) in [6.45, 7) is 6.99. The van der Waals surface area contributed by atoms with Crippen LogP contribution in [0.5, 0.6) is 5.75 Å². The lowest BCUT2D eigenvalue weighted by molar-refractivity contribution is 0.0464. The molecule has 2 heterocycles. The fourth-order valence-corrected chi connectivity index (χ4v) is 3.94. The standard InChI is InChI=1S/C21H23ClN2O4S/c1-13(2)11-28-21(26)18-14(3)17-19(29-18)23-12-24(20(17)25)9-4-10-27-16-7-5-15(22)6-8-16/h5-8,12-13H,4,9-11H2,1-3H3. The summed E-state index contributed by atoms with van der Waals surface area (Å²) >= 11 is 7.05. The molecule has 0 unspecified atom stereocenters. The minimum Gasteiger partial charge on any atom is -0.494 e. The molecule has 6 nitrogen and oxygen atoms in total. The predicted molar refractivity (Wildman–Crippen MR) is 115 cm³/mol. The Kier molecular flexibility index (Phi) is 6.92. The third kappa shape index (κ3) is 5.16. The molecule has 0 spiro atoms. The summed E-state index contributed by atoms with van der Waals surface area (Å²) in [6.07, 6.45) is 2.16. The molecule has 2 aromatic heterocycles. The number of thiophene rings is 1. The van der Waals surface area contributed by atoms with Gasteiger partial charge in [0.15, 0.2) is 0 Å². The highest BCUT2D eigenvalue weighted by molar-refractivity contribution is 7.20. The van der Waals surface area contributed by atoms with E-state index in [1.807, 2.05) is 13.8 Å². The number of esters is 1. The highest BCUT2D eigenvalue weighted by atomic mass is 35.5. The van der Waals surface area contributed by atoms with Gasteiger partial charge in [0.25, 0.3) is 5.56 Å². The Bertz CT molecular complexity index is 1060. The molecule has 0 saturated carbocycles. The number of carbonyl (C=O) groups is 1. The van der Waals surface area contributed by atoms with E-state index in [9.17, 15) is 9.59 Å². The molecule has 1 aromatic carbocycles. The second kappa shape index (κ2) is 9.41. The second-order valence-electron chi connectivity index (χ2n) is 7.13. The Balaban J connectivity index is 1.69. The number of rotatable bonds is 8. The molecule has 3 aromatic rings. The smallest absolute Gasteiger partial charge is 0.348 e. The monoisotopic (exact) mass is 434 g/mol. The van der Waals surface area contributed by atoms with Crippen LogP contribution in [0, 0.1) is 12.8 Å². The van der Waals surface area contributed by atoms with Crippen molar-refractivity contribution in [2.45, 2.75) is 33.7 Å². The normalized spacial score (nSPS) is 11.2. The number of benzene rings is 1. The number of hydrogen-bond donors (Lipinski definition) is 0. The zero-order valence-electron chi connectivity index (χ0n) is 16.6. The summed E-state index contributed by atoms with van der Waals surface area (Å²) in [5.74, 6) is 0.578. The molecule has 0 atom stereocenters. The summed E-state index contributed by atoms with van der Waals surface area (Å²) in [5.41, 5.74) is 0.473. The van der Waals surface area contributed by atoms with E-state index < -0.39 is 5.97 Å². The van der Waals surface area contributed by atoms with Gasteiger partial charge >= 0.3 is 5.97 Å². The van der Waals surface area contributed by atoms with Crippen molar-refractivity contribution in [2.24, 2.45) is 5.92 Å². The van der Waals surface area contributed by atoms with Crippen LogP contribution in [0.2, 0.25) is 5.02 Å². The van der Waals surface area contributed by atoms with Crippen molar-refractivity contribution in [3.8, 4) is 5.75 Å². The van der Waals surface area contributed by atoms with Gasteiger partial charge < -0.3 is 9.47 Å². The maximum absolute atomic E-state index is 12.9. The average molecular weight is 435 g/mol. The van der Waals surface area contributed by atoms with Crippen LogP contribution in [0.25, 0.3) is 10.2 Å². The fraction of sp³-hybridized carbons (Fsp3) is 0.381. The molecule has 0 aliphatic rings. The molecule has 8 heteroatoms. The Labute approximate surface area is 178 Å². The van der Waals surface area contributed by atoms with Gasteiger partial charge in [-0.1, -0.05) is 25.4 Å². The van der Waals surface area contributed by atoms with Crippen molar-refractivity contribution in [2.75, 3.05) is 13.2 Å². The van der Waals surface area contributed by atoms with Gasteiger partial charge in [-0.25, -0.2) is 9.78 Å². The topological polar surface area (TPSA) is 70.4 Å². The molecule has 0 fully saturated rings. The van der Waals surface area contributed by atoms with E-state index in [0.29, 0.717) is 51.9 Å². The quantitative estimate of drug-likeness (QED) is 0.379. The van der Waals surface area contributed by atoms with E-state index in [2.05, 4.69) is 4.98 Å². The Morgan fingerprint density at radius 1 is 1.28 bits per heavy atom. The summed E-state index contributed by atoms with van der Waals surface area (Å²) in [4.78, 5) is 30.6. The number of aryl methyl sites for hydroxylation is 2. The molecular weight excluding hydrogens is 412 g/mol. The fourth-order valence-electron chi connectivity index (χ4n) is 2.78. The SMILES string of the molecule is Cc1c(C(=O)OCC(C)C)sc2ncn(CCCOc3ccc(Cl)cc3)c(=O)c12. The van der Waals surface area contributed by atoms with Gasteiger partial charge in [-0.2, -0.15) is 0 Å². The van der Waals surface area contributed by atoms with Crippen LogP contribution in [-0.2, 0) is 11.3 Å². The van der Waals surface area contributed by atoms with Crippen LogP contribution < -0.4 is 10.3 Å². The lowest BCUT2D eigenvalue weighted by Gasteiger charge is -2.08. The number of nitrogens with zero attached hydrogens (tertiary/aromatic N) is 2. The van der Waals surface area contributed by atoms with E-state index in [4.69, 9.17) is 21.1 Å². The number of aromatic nitrogens is 2. The lowest BCUT2D eigenvalue weighted by Crippen LogP contribution is -2.21. The first-order chi connectivity index (χ1) is 13.9. The van der Waals surface area contributed by atoms with Crippen LogP contribution in [0.1, 0.15) is 35.5 Å². The summed E-state index contributed by atoms with van der Waals surface area (Å²) in [6, 6.07) is 7.14.